The highest BCUT2D eigenvalue weighted by atomic mass is 16.5. The Labute approximate surface area is 118 Å². The van der Waals surface area contributed by atoms with Crippen LogP contribution in [0.4, 0.5) is 0 Å². The van der Waals surface area contributed by atoms with Crippen molar-refractivity contribution in [2.24, 2.45) is 5.92 Å². The van der Waals surface area contributed by atoms with Crippen molar-refractivity contribution in [3.05, 3.63) is 17.0 Å². The normalized spacial score (nSPS) is 26.1. The smallest absolute Gasteiger partial charge is 0.273 e. The van der Waals surface area contributed by atoms with Crippen molar-refractivity contribution in [2.75, 3.05) is 6.61 Å². The highest BCUT2D eigenvalue weighted by Gasteiger charge is 2.29. The first kappa shape index (κ1) is 13.6. The van der Waals surface area contributed by atoms with E-state index in [2.05, 4.69) is 10.5 Å². The predicted molar refractivity (Wildman–Crippen MR) is 73.4 cm³/mol. The molecule has 2 aliphatic rings. The van der Waals surface area contributed by atoms with Crippen molar-refractivity contribution in [2.45, 2.75) is 57.4 Å². The lowest BCUT2D eigenvalue weighted by atomic mass is 9.85. The third-order valence-corrected chi connectivity index (χ3v) is 4.63. The lowest BCUT2D eigenvalue weighted by molar-refractivity contribution is 0.0863. The van der Waals surface area contributed by atoms with Gasteiger partial charge in [0.1, 0.15) is 5.76 Å². The summed E-state index contributed by atoms with van der Waals surface area (Å²) in [6, 6.07) is 0.0668. The first-order valence-corrected chi connectivity index (χ1v) is 7.68. The van der Waals surface area contributed by atoms with Gasteiger partial charge in [-0.3, -0.25) is 4.79 Å². The highest BCUT2D eigenvalue weighted by molar-refractivity contribution is 5.94. The average Bonchev–Trinajstić information content (AvgIpc) is 2.92. The molecule has 2 atom stereocenters. The molecule has 1 amide bonds. The van der Waals surface area contributed by atoms with Crippen molar-refractivity contribution in [1.82, 2.24) is 10.5 Å². The average molecular weight is 278 g/mol. The van der Waals surface area contributed by atoms with E-state index in [1.165, 1.54) is 0 Å². The van der Waals surface area contributed by atoms with E-state index in [1.54, 1.807) is 0 Å². The minimum absolute atomic E-state index is 0.0668. The Kier molecular flexibility index (Phi) is 4.05. The molecule has 3 rings (SSSR count). The Bertz CT molecular complexity index is 483. The number of carbonyl (C=O) groups is 1. The van der Waals surface area contributed by atoms with Gasteiger partial charge in [-0.25, -0.2) is 0 Å². The number of aryl methyl sites for hydroxylation is 1. The molecule has 110 valence electrons. The third kappa shape index (κ3) is 2.59. The summed E-state index contributed by atoms with van der Waals surface area (Å²) in [7, 11) is 0. The van der Waals surface area contributed by atoms with Crippen LogP contribution in [-0.4, -0.2) is 28.8 Å². The van der Waals surface area contributed by atoms with Crippen LogP contribution < -0.4 is 5.32 Å². The largest absolute Gasteiger partial charge is 0.396 e. The number of carbonyl (C=O) groups excluding carboxylic acids is 1. The standard InChI is InChI=1S/C15H22N2O3/c18-9-10-5-1-3-7-12(10)16-15(19)14-11-6-2-4-8-13(11)20-17-14/h10,12,18H,1-9H2,(H,16,19). The number of fused-ring (bicyclic) bond motifs is 1. The number of nitrogens with one attached hydrogen (secondary N) is 1. The van der Waals surface area contributed by atoms with E-state index in [1.807, 2.05) is 0 Å². The Balaban J connectivity index is 1.71. The van der Waals surface area contributed by atoms with E-state index in [-0.39, 0.29) is 24.5 Å². The van der Waals surface area contributed by atoms with E-state index < -0.39 is 0 Å². The molecule has 2 unspecified atom stereocenters. The Morgan fingerprint density at radius 3 is 2.90 bits per heavy atom. The van der Waals surface area contributed by atoms with Crippen LogP contribution in [0, 0.1) is 5.92 Å². The summed E-state index contributed by atoms with van der Waals surface area (Å²) in [5, 5.41) is 16.4. The second-order valence-corrected chi connectivity index (χ2v) is 5.95. The fourth-order valence-electron chi connectivity index (χ4n) is 3.42. The lowest BCUT2D eigenvalue weighted by Crippen LogP contribution is -2.43. The van der Waals surface area contributed by atoms with Crippen molar-refractivity contribution in [3.63, 3.8) is 0 Å². The Morgan fingerprint density at radius 1 is 1.25 bits per heavy atom. The Hall–Kier alpha value is -1.36. The zero-order valence-corrected chi connectivity index (χ0v) is 11.7. The maximum Gasteiger partial charge on any atom is 0.273 e. The molecule has 1 saturated carbocycles. The van der Waals surface area contributed by atoms with Gasteiger partial charge in [0.25, 0.3) is 5.91 Å². The number of aliphatic hydroxyl groups is 1. The Morgan fingerprint density at radius 2 is 2.05 bits per heavy atom. The molecule has 0 bridgehead atoms. The van der Waals surface area contributed by atoms with Crippen LogP contribution in [0.3, 0.4) is 0 Å². The zero-order chi connectivity index (χ0) is 13.9. The van der Waals surface area contributed by atoms with E-state index >= 15 is 0 Å². The number of hydrogen-bond acceptors (Lipinski definition) is 4. The number of nitrogens with zero attached hydrogens (tertiary/aromatic N) is 1. The van der Waals surface area contributed by atoms with Crippen LogP contribution in [0.1, 0.15) is 60.3 Å². The molecule has 0 spiro atoms. The van der Waals surface area contributed by atoms with Crippen LogP contribution in [-0.2, 0) is 12.8 Å². The van der Waals surface area contributed by atoms with Gasteiger partial charge in [-0.05, 0) is 32.1 Å². The molecule has 0 saturated heterocycles. The van der Waals surface area contributed by atoms with Gasteiger partial charge in [0, 0.05) is 30.6 Å². The highest BCUT2D eigenvalue weighted by Crippen LogP contribution is 2.26. The summed E-state index contributed by atoms with van der Waals surface area (Å²) in [4.78, 5) is 12.4. The van der Waals surface area contributed by atoms with E-state index in [4.69, 9.17) is 4.52 Å². The van der Waals surface area contributed by atoms with Crippen LogP contribution in [0.15, 0.2) is 4.52 Å². The molecule has 2 aliphatic carbocycles. The minimum Gasteiger partial charge on any atom is -0.396 e. The maximum absolute atomic E-state index is 12.4. The summed E-state index contributed by atoms with van der Waals surface area (Å²) in [6.45, 7) is 0.141. The van der Waals surface area contributed by atoms with Crippen molar-refractivity contribution < 1.29 is 14.4 Å². The second kappa shape index (κ2) is 5.95. The van der Waals surface area contributed by atoms with Gasteiger partial charge in [0.15, 0.2) is 5.69 Å². The molecular formula is C15H22N2O3. The van der Waals surface area contributed by atoms with Gasteiger partial charge >= 0.3 is 0 Å². The summed E-state index contributed by atoms with van der Waals surface area (Å²) < 4.78 is 5.29. The number of aromatic nitrogens is 1. The number of hydrogen-bond donors (Lipinski definition) is 2. The molecule has 1 aromatic rings. The molecule has 5 heteroatoms. The molecule has 2 N–H and O–H groups in total. The molecule has 5 nitrogen and oxygen atoms in total. The topological polar surface area (TPSA) is 75.4 Å². The summed E-state index contributed by atoms with van der Waals surface area (Å²) in [5.41, 5.74) is 1.45. The van der Waals surface area contributed by atoms with E-state index in [0.717, 1.165) is 62.7 Å². The predicted octanol–water partition coefficient (Wildman–Crippen LogP) is 1.83. The van der Waals surface area contributed by atoms with Crippen LogP contribution in [0.25, 0.3) is 0 Å². The van der Waals surface area contributed by atoms with Crippen molar-refractivity contribution in [1.29, 1.82) is 0 Å². The second-order valence-electron chi connectivity index (χ2n) is 5.95. The first-order valence-electron chi connectivity index (χ1n) is 7.68. The monoisotopic (exact) mass is 278 g/mol. The number of rotatable bonds is 3. The van der Waals surface area contributed by atoms with Gasteiger partial charge in [-0.15, -0.1) is 0 Å². The van der Waals surface area contributed by atoms with Crippen molar-refractivity contribution >= 4 is 5.91 Å². The first-order chi connectivity index (χ1) is 9.79. The molecule has 0 aromatic carbocycles. The van der Waals surface area contributed by atoms with E-state index in [0.29, 0.717) is 5.69 Å². The number of amides is 1. The van der Waals surface area contributed by atoms with Crippen LogP contribution >= 0.6 is 0 Å². The van der Waals surface area contributed by atoms with Gasteiger partial charge in [-0.2, -0.15) is 0 Å². The molecule has 1 aromatic heterocycles. The third-order valence-electron chi connectivity index (χ3n) is 4.63. The maximum atomic E-state index is 12.4. The van der Waals surface area contributed by atoms with Gasteiger partial charge in [0.2, 0.25) is 0 Å². The van der Waals surface area contributed by atoms with Gasteiger partial charge in [0.05, 0.1) is 0 Å². The molecule has 0 aliphatic heterocycles. The molecule has 0 radical (unpaired) electrons. The van der Waals surface area contributed by atoms with Crippen LogP contribution in [0.2, 0.25) is 0 Å². The van der Waals surface area contributed by atoms with Crippen LogP contribution in [0.5, 0.6) is 0 Å². The lowest BCUT2D eigenvalue weighted by Gasteiger charge is -2.30. The summed E-state index contributed by atoms with van der Waals surface area (Å²) in [6.07, 6.45) is 8.15. The van der Waals surface area contributed by atoms with E-state index in [9.17, 15) is 9.90 Å². The number of aliphatic hydroxyl groups excluding tert-OH is 1. The summed E-state index contributed by atoms with van der Waals surface area (Å²) >= 11 is 0. The summed E-state index contributed by atoms with van der Waals surface area (Å²) in [5.74, 6) is 0.918. The van der Waals surface area contributed by atoms with Gasteiger partial charge < -0.3 is 14.9 Å². The molecule has 20 heavy (non-hydrogen) atoms. The fourth-order valence-corrected chi connectivity index (χ4v) is 3.42. The molecule has 1 fully saturated rings. The minimum atomic E-state index is -0.137. The van der Waals surface area contributed by atoms with Crippen molar-refractivity contribution in [3.8, 4) is 0 Å². The quantitative estimate of drug-likeness (QED) is 0.884. The molecular weight excluding hydrogens is 256 g/mol. The molecule has 1 heterocycles. The SMILES string of the molecule is O=C(NC1CCCCC1CO)c1noc2c1CCCC2. The zero-order valence-electron chi connectivity index (χ0n) is 11.7. The fraction of sp³-hybridized carbons (Fsp3) is 0.733. The van der Waals surface area contributed by atoms with Gasteiger partial charge in [-0.1, -0.05) is 18.0 Å².